The average molecular weight is 265 g/mol. The largest absolute Gasteiger partial charge is 0.383 e. The summed E-state index contributed by atoms with van der Waals surface area (Å²) in [6.07, 6.45) is 1.42. The minimum absolute atomic E-state index is 0.133. The summed E-state index contributed by atoms with van der Waals surface area (Å²) in [5.41, 5.74) is 12.1. The van der Waals surface area contributed by atoms with Crippen LogP contribution in [0.4, 0.5) is 11.6 Å². The van der Waals surface area contributed by atoms with Gasteiger partial charge < -0.3 is 16.4 Å². The molecule has 19 heavy (non-hydrogen) atoms. The highest BCUT2D eigenvalue weighted by Crippen LogP contribution is 2.29. The lowest BCUT2D eigenvalue weighted by Gasteiger charge is -2.27. The van der Waals surface area contributed by atoms with Crippen LogP contribution < -0.4 is 16.4 Å². The second-order valence-corrected chi connectivity index (χ2v) is 5.39. The zero-order valence-electron chi connectivity index (χ0n) is 12.1. The number of hydrogen-bond donors (Lipinski definition) is 2. The summed E-state index contributed by atoms with van der Waals surface area (Å²) in [5, 5.41) is 0. The van der Waals surface area contributed by atoms with Gasteiger partial charge in [0.15, 0.2) is 0 Å². The van der Waals surface area contributed by atoms with Crippen molar-refractivity contribution in [1.82, 2.24) is 9.97 Å². The molecule has 0 aromatic carbocycles. The van der Waals surface area contributed by atoms with Crippen molar-refractivity contribution < 1.29 is 4.79 Å². The van der Waals surface area contributed by atoms with Crippen LogP contribution >= 0.6 is 0 Å². The Bertz CT molecular complexity index is 445. The van der Waals surface area contributed by atoms with Crippen molar-refractivity contribution in [2.24, 2.45) is 11.7 Å². The van der Waals surface area contributed by atoms with Gasteiger partial charge in [0.2, 0.25) is 5.91 Å². The van der Waals surface area contributed by atoms with E-state index in [1.165, 1.54) is 6.33 Å². The zero-order valence-corrected chi connectivity index (χ0v) is 12.1. The number of nitrogens with two attached hydrogens (primary N) is 2. The number of carbonyl (C=O) groups is 1. The van der Waals surface area contributed by atoms with Gasteiger partial charge >= 0.3 is 0 Å². The van der Waals surface area contributed by atoms with Gasteiger partial charge in [-0.1, -0.05) is 27.7 Å². The summed E-state index contributed by atoms with van der Waals surface area (Å²) in [6.45, 7) is 9.03. The molecule has 0 atom stereocenters. The molecule has 0 fully saturated rings. The lowest BCUT2D eigenvalue weighted by molar-refractivity contribution is -0.116. The minimum atomic E-state index is -0.382. The van der Waals surface area contributed by atoms with Crippen molar-refractivity contribution in [3.63, 3.8) is 0 Å². The van der Waals surface area contributed by atoms with Crippen LogP contribution in [0.2, 0.25) is 0 Å². The molecule has 0 radical (unpaired) electrons. The van der Waals surface area contributed by atoms with E-state index < -0.39 is 0 Å². The molecule has 0 saturated heterocycles. The molecule has 0 aliphatic heterocycles. The van der Waals surface area contributed by atoms with Crippen molar-refractivity contribution in [2.75, 3.05) is 23.7 Å². The molecule has 1 aromatic heterocycles. The van der Waals surface area contributed by atoms with Crippen molar-refractivity contribution in [1.29, 1.82) is 0 Å². The fraction of sp³-hybridized carbons (Fsp3) is 0.615. The molecule has 6 heteroatoms. The van der Waals surface area contributed by atoms with Gasteiger partial charge in [-0.15, -0.1) is 0 Å². The fourth-order valence-electron chi connectivity index (χ4n) is 2.06. The van der Waals surface area contributed by atoms with Crippen molar-refractivity contribution in [2.45, 2.75) is 33.6 Å². The Hall–Kier alpha value is -1.85. The van der Waals surface area contributed by atoms with E-state index in [1.54, 1.807) is 0 Å². The maximum absolute atomic E-state index is 11.2. The highest BCUT2D eigenvalue weighted by atomic mass is 16.1. The number of hydrogen-bond acceptors (Lipinski definition) is 5. The molecule has 1 aromatic rings. The van der Waals surface area contributed by atoms with Gasteiger partial charge in [0.05, 0.1) is 6.54 Å². The highest BCUT2D eigenvalue weighted by Gasteiger charge is 2.20. The smallest absolute Gasteiger partial charge is 0.236 e. The monoisotopic (exact) mass is 265 g/mol. The van der Waals surface area contributed by atoms with Crippen molar-refractivity contribution >= 4 is 17.5 Å². The molecule has 0 bridgehead atoms. The van der Waals surface area contributed by atoms with Crippen LogP contribution in [-0.2, 0) is 4.79 Å². The van der Waals surface area contributed by atoms with Crippen LogP contribution in [0.3, 0.4) is 0 Å². The Morgan fingerprint density at radius 3 is 2.42 bits per heavy atom. The molecule has 0 unspecified atom stereocenters. The Balaban J connectivity index is 3.20. The van der Waals surface area contributed by atoms with Crippen LogP contribution in [-0.4, -0.2) is 29.0 Å². The maximum Gasteiger partial charge on any atom is 0.236 e. The number of rotatable bonds is 6. The van der Waals surface area contributed by atoms with Gasteiger partial charge in [-0.2, -0.15) is 0 Å². The average Bonchev–Trinajstić information content (AvgIpc) is 2.25. The number of nitrogen functional groups attached to an aromatic ring is 1. The van der Waals surface area contributed by atoms with E-state index >= 15 is 0 Å². The van der Waals surface area contributed by atoms with E-state index in [-0.39, 0.29) is 18.4 Å². The van der Waals surface area contributed by atoms with Crippen LogP contribution in [0.25, 0.3) is 0 Å². The van der Waals surface area contributed by atoms with Crippen LogP contribution in [0, 0.1) is 5.92 Å². The standard InChI is InChI=1S/C13H23N5O/c1-8(2)5-18(6-10(14)19)13-11(9(3)4)12(15)16-7-17-13/h7-9H,5-6H2,1-4H3,(H2,14,19)(H2,15,16,17). The molecular formula is C13H23N5O. The predicted molar refractivity (Wildman–Crippen MR) is 76.8 cm³/mol. The number of carbonyl (C=O) groups excluding carboxylic acids is 1. The molecule has 1 heterocycles. The molecule has 6 nitrogen and oxygen atoms in total. The second-order valence-electron chi connectivity index (χ2n) is 5.39. The summed E-state index contributed by atoms with van der Waals surface area (Å²) in [5.74, 6) is 1.34. The Morgan fingerprint density at radius 2 is 1.95 bits per heavy atom. The number of nitrogens with zero attached hydrogens (tertiary/aromatic N) is 3. The van der Waals surface area contributed by atoms with Gasteiger partial charge in [-0.25, -0.2) is 9.97 Å². The Kier molecular flexibility index (Phi) is 5.09. The molecule has 0 aliphatic rings. The summed E-state index contributed by atoms with van der Waals surface area (Å²) in [4.78, 5) is 21.4. The number of anilines is 2. The van der Waals surface area contributed by atoms with Crippen LogP contribution in [0.15, 0.2) is 6.33 Å². The normalized spacial score (nSPS) is 11.1. The van der Waals surface area contributed by atoms with Crippen molar-refractivity contribution in [3.8, 4) is 0 Å². The molecule has 0 saturated carbocycles. The Morgan fingerprint density at radius 1 is 1.32 bits per heavy atom. The van der Waals surface area contributed by atoms with Gasteiger partial charge in [0, 0.05) is 12.1 Å². The first-order valence-electron chi connectivity index (χ1n) is 6.46. The zero-order chi connectivity index (χ0) is 14.6. The lowest BCUT2D eigenvalue weighted by Crippen LogP contribution is -2.37. The van der Waals surface area contributed by atoms with E-state index in [0.717, 1.165) is 5.56 Å². The summed E-state index contributed by atoms with van der Waals surface area (Å²) >= 11 is 0. The molecular weight excluding hydrogens is 242 g/mol. The highest BCUT2D eigenvalue weighted by molar-refractivity contribution is 5.79. The first-order chi connectivity index (χ1) is 8.82. The first-order valence-corrected chi connectivity index (χ1v) is 6.46. The maximum atomic E-state index is 11.2. The summed E-state index contributed by atoms with van der Waals surface area (Å²) in [6, 6.07) is 0. The third-order valence-corrected chi connectivity index (χ3v) is 2.70. The quantitative estimate of drug-likeness (QED) is 0.803. The Labute approximate surface area is 114 Å². The molecule has 0 spiro atoms. The fourth-order valence-corrected chi connectivity index (χ4v) is 2.06. The first kappa shape index (κ1) is 15.2. The third kappa shape index (κ3) is 4.08. The van der Waals surface area contributed by atoms with Crippen molar-refractivity contribution in [3.05, 3.63) is 11.9 Å². The minimum Gasteiger partial charge on any atom is -0.383 e. The van der Waals surface area contributed by atoms with Crippen LogP contribution in [0.1, 0.15) is 39.2 Å². The van der Waals surface area contributed by atoms with E-state index in [0.29, 0.717) is 24.1 Å². The third-order valence-electron chi connectivity index (χ3n) is 2.70. The summed E-state index contributed by atoms with van der Waals surface area (Å²) < 4.78 is 0. The van der Waals surface area contributed by atoms with Gasteiger partial charge in [0.1, 0.15) is 18.0 Å². The molecule has 0 aliphatic carbocycles. The van der Waals surface area contributed by atoms with Crippen LogP contribution in [0.5, 0.6) is 0 Å². The van der Waals surface area contributed by atoms with E-state index in [9.17, 15) is 4.79 Å². The van der Waals surface area contributed by atoms with E-state index in [2.05, 4.69) is 23.8 Å². The summed E-state index contributed by atoms with van der Waals surface area (Å²) in [7, 11) is 0. The SMILES string of the molecule is CC(C)CN(CC(N)=O)c1ncnc(N)c1C(C)C. The van der Waals surface area contributed by atoms with Gasteiger partial charge in [-0.3, -0.25) is 4.79 Å². The lowest BCUT2D eigenvalue weighted by atomic mass is 10.0. The molecule has 4 N–H and O–H groups in total. The number of aromatic nitrogens is 2. The molecule has 1 rings (SSSR count). The number of amides is 1. The molecule has 106 valence electrons. The van der Waals surface area contributed by atoms with Gasteiger partial charge in [0.25, 0.3) is 0 Å². The predicted octanol–water partition coefficient (Wildman–Crippen LogP) is 1.13. The number of primary amides is 1. The van der Waals surface area contributed by atoms with E-state index in [4.69, 9.17) is 11.5 Å². The molecule has 1 amide bonds. The second kappa shape index (κ2) is 6.36. The van der Waals surface area contributed by atoms with E-state index in [1.807, 2.05) is 18.7 Å². The van der Waals surface area contributed by atoms with Gasteiger partial charge in [-0.05, 0) is 11.8 Å². The topological polar surface area (TPSA) is 98.1 Å².